The van der Waals surface area contributed by atoms with E-state index in [1.54, 1.807) is 43.3 Å². The Kier molecular flexibility index (Phi) is 18.3. The van der Waals surface area contributed by atoms with E-state index in [1.165, 1.54) is 68.8 Å². The van der Waals surface area contributed by atoms with Gasteiger partial charge in [0, 0.05) is 57.8 Å². The van der Waals surface area contributed by atoms with E-state index in [9.17, 15) is 28.8 Å². The standard InChI is InChI=1S/C46H41Cl5N8O8/c1-23(49)33-18-30(52-45(64)41(24(2)60)58-56-39-16-26(8-13-34(39)50)43(62)54-37-19-31(66-4)11-6-28(37)21-47)10-15-36(33)53-46(65)42(25(3)61)59-57-40-17-27(9-14-35(40)51)44(63)55-38-20-32(67-5)12-7-29(38)22-48/h6-20,23,41-42H,21-22H2,1-5H3,(H,52,64)(H,53,65)(H,54,62)(H,55,63). The maximum atomic E-state index is 13.5. The summed E-state index contributed by atoms with van der Waals surface area (Å²) >= 11 is 31.3. The van der Waals surface area contributed by atoms with Crippen molar-refractivity contribution in [3.8, 4) is 11.5 Å². The zero-order chi connectivity index (χ0) is 48.9. The molecule has 5 aromatic carbocycles. The first-order chi connectivity index (χ1) is 32.0. The lowest BCUT2D eigenvalue weighted by molar-refractivity contribution is -0.127. The third-order valence-corrected chi connectivity index (χ3v) is 11.1. The molecule has 0 spiro atoms. The van der Waals surface area contributed by atoms with Crippen LogP contribution in [0.4, 0.5) is 34.1 Å². The molecular formula is C46H41Cl5N8O8. The van der Waals surface area contributed by atoms with E-state index in [1.807, 2.05) is 0 Å². The van der Waals surface area contributed by atoms with Crippen molar-refractivity contribution in [1.29, 1.82) is 0 Å². The van der Waals surface area contributed by atoms with Crippen LogP contribution in [0.3, 0.4) is 0 Å². The predicted molar refractivity (Wildman–Crippen MR) is 260 cm³/mol. The van der Waals surface area contributed by atoms with Crippen molar-refractivity contribution < 1.29 is 38.2 Å². The van der Waals surface area contributed by atoms with Crippen LogP contribution in [-0.2, 0) is 30.9 Å². The number of halogens is 5. The molecular weight excluding hydrogens is 970 g/mol. The van der Waals surface area contributed by atoms with Crippen LogP contribution in [0.25, 0.3) is 0 Å². The third-order valence-electron chi connectivity index (χ3n) is 9.67. The van der Waals surface area contributed by atoms with Crippen LogP contribution in [0.1, 0.15) is 63.6 Å². The van der Waals surface area contributed by atoms with Crippen LogP contribution in [-0.4, -0.2) is 61.5 Å². The number of anilines is 4. The lowest BCUT2D eigenvalue weighted by Gasteiger charge is -2.17. The molecule has 0 aromatic heterocycles. The van der Waals surface area contributed by atoms with Crippen molar-refractivity contribution in [2.75, 3.05) is 35.5 Å². The minimum atomic E-state index is -1.66. The summed E-state index contributed by atoms with van der Waals surface area (Å²) < 4.78 is 10.5. The second kappa shape index (κ2) is 23.8. The summed E-state index contributed by atoms with van der Waals surface area (Å²) in [5.41, 5.74) is 3.09. The van der Waals surface area contributed by atoms with Crippen LogP contribution in [0.2, 0.25) is 10.0 Å². The molecule has 16 nitrogen and oxygen atoms in total. The number of nitrogens with zero attached hydrogens (tertiary/aromatic N) is 4. The van der Waals surface area contributed by atoms with Crippen LogP contribution in [0.5, 0.6) is 11.5 Å². The van der Waals surface area contributed by atoms with Gasteiger partial charge in [0.05, 0.1) is 29.6 Å². The number of ketones is 2. The monoisotopic (exact) mass is 1010 g/mol. The van der Waals surface area contributed by atoms with Gasteiger partial charge >= 0.3 is 0 Å². The Bertz CT molecular complexity index is 2790. The molecule has 0 saturated carbocycles. The van der Waals surface area contributed by atoms with Crippen LogP contribution < -0.4 is 30.7 Å². The quantitative estimate of drug-likeness (QED) is 0.0353. The van der Waals surface area contributed by atoms with E-state index < -0.39 is 52.7 Å². The lowest BCUT2D eigenvalue weighted by Crippen LogP contribution is -2.32. The van der Waals surface area contributed by atoms with Crippen molar-refractivity contribution in [3.05, 3.63) is 129 Å². The molecule has 3 atom stereocenters. The van der Waals surface area contributed by atoms with Crippen LogP contribution in [0.15, 0.2) is 111 Å². The van der Waals surface area contributed by atoms with E-state index in [0.717, 1.165) is 13.8 Å². The molecule has 4 amide bonds. The number of hydrogen-bond acceptors (Lipinski definition) is 12. The zero-order valence-corrected chi connectivity index (χ0v) is 40.0. The minimum absolute atomic E-state index is 0.00107. The Hall–Kier alpha value is -6.43. The first kappa shape index (κ1) is 51.6. The average Bonchev–Trinajstić information content (AvgIpc) is 3.30. The molecule has 0 aliphatic heterocycles. The summed E-state index contributed by atoms with van der Waals surface area (Å²) in [6.07, 6.45) is 0. The Labute approximate surface area is 409 Å². The van der Waals surface area contributed by atoms with E-state index in [-0.39, 0.29) is 55.7 Å². The highest BCUT2D eigenvalue weighted by molar-refractivity contribution is 6.33. The number of carbonyl (C=O) groups is 6. The summed E-state index contributed by atoms with van der Waals surface area (Å²) in [4.78, 5) is 78.8. The first-order valence-electron chi connectivity index (χ1n) is 19.9. The smallest absolute Gasteiger partial charge is 0.258 e. The number of hydrogen-bond donors (Lipinski definition) is 4. The highest BCUT2D eigenvalue weighted by Crippen LogP contribution is 2.33. The molecule has 0 radical (unpaired) electrons. The zero-order valence-electron chi connectivity index (χ0n) is 36.3. The fourth-order valence-corrected chi connectivity index (χ4v) is 7.01. The number of benzene rings is 5. The average molecular weight is 1010 g/mol. The summed E-state index contributed by atoms with van der Waals surface area (Å²) in [5.74, 6) is -2.88. The largest absolute Gasteiger partial charge is 0.497 e. The second-order valence-electron chi connectivity index (χ2n) is 14.4. The maximum Gasteiger partial charge on any atom is 0.258 e. The minimum Gasteiger partial charge on any atom is -0.497 e. The number of azo groups is 2. The van der Waals surface area contributed by atoms with E-state index in [0.29, 0.717) is 39.6 Å². The van der Waals surface area contributed by atoms with Gasteiger partial charge in [0.15, 0.2) is 11.6 Å². The molecule has 0 aliphatic rings. The number of methoxy groups -OCH3 is 2. The Morgan fingerprint density at radius 2 is 1.01 bits per heavy atom. The van der Waals surface area contributed by atoms with Gasteiger partial charge in [0.2, 0.25) is 12.1 Å². The predicted octanol–water partition coefficient (Wildman–Crippen LogP) is 11.7. The molecule has 0 heterocycles. The molecule has 0 saturated heterocycles. The topological polar surface area (TPSA) is 218 Å². The number of nitrogens with one attached hydrogen (secondary N) is 4. The highest BCUT2D eigenvalue weighted by atomic mass is 35.5. The lowest BCUT2D eigenvalue weighted by atomic mass is 10.1. The van der Waals surface area contributed by atoms with Crippen molar-refractivity contribution >= 4 is 127 Å². The van der Waals surface area contributed by atoms with Crippen LogP contribution in [0, 0.1) is 0 Å². The molecule has 4 N–H and O–H groups in total. The Morgan fingerprint density at radius 1 is 0.567 bits per heavy atom. The fraction of sp³-hybridized carbons (Fsp3) is 0.217. The summed E-state index contributed by atoms with van der Waals surface area (Å²) in [7, 11) is 2.98. The first-order valence-corrected chi connectivity index (χ1v) is 22.1. The van der Waals surface area contributed by atoms with Gasteiger partial charge in [-0.3, -0.25) is 28.8 Å². The second-order valence-corrected chi connectivity index (χ2v) is 16.4. The number of amides is 4. The van der Waals surface area contributed by atoms with Gasteiger partial charge in [-0.25, -0.2) is 0 Å². The van der Waals surface area contributed by atoms with Gasteiger partial charge in [-0.05, 0) is 104 Å². The van der Waals surface area contributed by atoms with Gasteiger partial charge in [0.1, 0.15) is 22.9 Å². The van der Waals surface area contributed by atoms with Crippen molar-refractivity contribution in [1.82, 2.24) is 0 Å². The molecule has 0 fully saturated rings. The SMILES string of the molecule is COc1ccc(CCl)c(NC(=O)c2ccc(Cl)c(N=NC(C(C)=O)C(=O)Nc3ccc(NC(=O)C(N=Nc4cc(C(=O)Nc5cc(OC)ccc5CCl)ccc4Cl)C(C)=O)c(C(C)Cl)c3)c2)c1. The maximum absolute atomic E-state index is 13.5. The summed E-state index contributed by atoms with van der Waals surface area (Å²) in [6.45, 7) is 3.90. The molecule has 5 aromatic rings. The Balaban J connectivity index is 1.29. The number of alkyl halides is 3. The third kappa shape index (κ3) is 13.6. The van der Waals surface area contributed by atoms with Gasteiger partial charge in [-0.15, -0.1) is 34.8 Å². The van der Waals surface area contributed by atoms with Gasteiger partial charge in [0.25, 0.3) is 23.6 Å². The number of rotatable bonds is 19. The number of carbonyl (C=O) groups excluding carboxylic acids is 6. The molecule has 0 bridgehead atoms. The van der Waals surface area contributed by atoms with E-state index >= 15 is 0 Å². The van der Waals surface area contributed by atoms with Crippen LogP contribution >= 0.6 is 58.0 Å². The Morgan fingerprint density at radius 3 is 1.42 bits per heavy atom. The molecule has 348 valence electrons. The van der Waals surface area contributed by atoms with Gasteiger partial charge in [-0.2, -0.15) is 20.5 Å². The van der Waals surface area contributed by atoms with Gasteiger partial charge in [-0.1, -0.05) is 35.3 Å². The van der Waals surface area contributed by atoms with E-state index in [2.05, 4.69) is 41.7 Å². The molecule has 67 heavy (non-hydrogen) atoms. The number of Topliss-reactive ketones (excluding diaryl/α,β-unsaturated/α-hetero) is 2. The van der Waals surface area contributed by atoms with E-state index in [4.69, 9.17) is 67.5 Å². The highest BCUT2D eigenvalue weighted by Gasteiger charge is 2.27. The fourth-order valence-electron chi connectivity index (χ4n) is 6.05. The molecule has 3 unspecified atom stereocenters. The summed E-state index contributed by atoms with van der Waals surface area (Å²) in [6, 6.07) is 19.5. The molecule has 0 aliphatic carbocycles. The molecule has 5 rings (SSSR count). The normalized spacial score (nSPS) is 12.5. The number of ether oxygens (including phenoxy) is 2. The summed E-state index contributed by atoms with van der Waals surface area (Å²) in [5, 5.41) is 26.3. The van der Waals surface area contributed by atoms with Crippen molar-refractivity contribution in [2.24, 2.45) is 20.5 Å². The molecule has 21 heteroatoms. The van der Waals surface area contributed by atoms with Crippen molar-refractivity contribution in [2.45, 2.75) is 50.0 Å². The van der Waals surface area contributed by atoms with Crippen molar-refractivity contribution in [3.63, 3.8) is 0 Å². The van der Waals surface area contributed by atoms with Gasteiger partial charge < -0.3 is 30.7 Å².